The van der Waals surface area contributed by atoms with Crippen LogP contribution in [0.4, 0.5) is 0 Å². The molecule has 0 fully saturated rings. The molecule has 0 aliphatic heterocycles. The van der Waals surface area contributed by atoms with Crippen molar-refractivity contribution in [2.24, 2.45) is 0 Å². The molecule has 0 saturated carbocycles. The molecule has 0 aliphatic carbocycles. The van der Waals surface area contributed by atoms with Crippen molar-refractivity contribution in [2.45, 2.75) is 0 Å². The molecular formula is C18H15N. The highest BCUT2D eigenvalue weighted by atomic mass is 15.0. The van der Waals surface area contributed by atoms with Crippen LogP contribution in [0.3, 0.4) is 0 Å². The topological polar surface area (TPSA) is 4.93 Å². The average molecular weight is 245 g/mol. The minimum Gasteiger partial charge on any atom is -0.309 e. The van der Waals surface area contributed by atoms with E-state index in [1.54, 1.807) is 6.08 Å². The molecule has 0 unspecified atom stereocenters. The number of nitrogens with zero attached hydrogens (tertiary/aromatic N) is 1. The fraction of sp³-hybridized carbons (Fsp3) is 0. The van der Waals surface area contributed by atoms with Gasteiger partial charge in [-0.1, -0.05) is 55.6 Å². The Morgan fingerprint density at radius 1 is 0.842 bits per heavy atom. The van der Waals surface area contributed by atoms with Crippen molar-refractivity contribution in [2.75, 3.05) is 0 Å². The number of aromatic nitrogens is 1. The van der Waals surface area contributed by atoms with E-state index in [-0.39, 0.29) is 0 Å². The lowest BCUT2D eigenvalue weighted by Crippen LogP contribution is -1.93. The third kappa shape index (κ3) is 1.71. The van der Waals surface area contributed by atoms with Gasteiger partial charge < -0.3 is 4.57 Å². The van der Waals surface area contributed by atoms with Crippen molar-refractivity contribution in [3.8, 4) is 0 Å². The zero-order valence-electron chi connectivity index (χ0n) is 10.7. The number of para-hydroxylation sites is 2. The second-order valence-corrected chi connectivity index (χ2v) is 4.40. The van der Waals surface area contributed by atoms with Gasteiger partial charge in [-0.3, -0.25) is 0 Å². The van der Waals surface area contributed by atoms with Gasteiger partial charge in [0.15, 0.2) is 0 Å². The van der Waals surface area contributed by atoms with Crippen molar-refractivity contribution >= 4 is 27.5 Å². The summed E-state index contributed by atoms with van der Waals surface area (Å²) in [7, 11) is 0. The van der Waals surface area contributed by atoms with E-state index in [4.69, 9.17) is 0 Å². The Bertz CT molecular complexity index is 750. The number of allylic oxidation sites excluding steroid dienone is 4. The predicted molar refractivity (Wildman–Crippen MR) is 84.1 cm³/mol. The van der Waals surface area contributed by atoms with Crippen molar-refractivity contribution in [1.29, 1.82) is 0 Å². The summed E-state index contributed by atoms with van der Waals surface area (Å²) in [5.41, 5.74) is 3.42. The summed E-state index contributed by atoms with van der Waals surface area (Å²) < 4.78 is 2.22. The van der Waals surface area contributed by atoms with E-state index in [1.807, 2.05) is 12.2 Å². The van der Waals surface area contributed by atoms with Crippen LogP contribution in [0.25, 0.3) is 27.5 Å². The predicted octanol–water partition coefficient (Wildman–Crippen LogP) is 5.01. The monoisotopic (exact) mass is 245 g/mol. The molecule has 19 heavy (non-hydrogen) atoms. The Morgan fingerprint density at radius 2 is 1.37 bits per heavy atom. The van der Waals surface area contributed by atoms with Crippen molar-refractivity contribution < 1.29 is 0 Å². The molecule has 0 radical (unpaired) electrons. The molecule has 2 aromatic carbocycles. The number of hydrogen-bond acceptors (Lipinski definition) is 0. The summed E-state index contributed by atoms with van der Waals surface area (Å²) in [6, 6.07) is 16.9. The van der Waals surface area contributed by atoms with Crippen LogP contribution in [-0.4, -0.2) is 4.57 Å². The Morgan fingerprint density at radius 3 is 1.84 bits per heavy atom. The first-order valence-electron chi connectivity index (χ1n) is 6.30. The molecule has 1 heterocycles. The van der Waals surface area contributed by atoms with E-state index in [0.717, 1.165) is 5.70 Å². The molecule has 1 heteroatoms. The van der Waals surface area contributed by atoms with E-state index < -0.39 is 0 Å². The van der Waals surface area contributed by atoms with Gasteiger partial charge in [0.05, 0.1) is 11.0 Å². The quantitative estimate of drug-likeness (QED) is 0.572. The van der Waals surface area contributed by atoms with Gasteiger partial charge in [0.25, 0.3) is 0 Å². The molecule has 0 atom stereocenters. The minimum absolute atomic E-state index is 1.03. The molecule has 92 valence electrons. The molecule has 1 nitrogen and oxygen atoms in total. The van der Waals surface area contributed by atoms with Gasteiger partial charge in [-0.25, -0.2) is 0 Å². The molecule has 0 spiro atoms. The first-order valence-corrected chi connectivity index (χ1v) is 6.30. The summed E-state index contributed by atoms with van der Waals surface area (Å²) in [4.78, 5) is 0. The second-order valence-electron chi connectivity index (χ2n) is 4.40. The van der Waals surface area contributed by atoms with Crippen LogP contribution in [0.1, 0.15) is 0 Å². The fourth-order valence-electron chi connectivity index (χ4n) is 2.56. The molecule has 0 amide bonds. The van der Waals surface area contributed by atoms with E-state index in [1.165, 1.54) is 21.8 Å². The van der Waals surface area contributed by atoms with Crippen LogP contribution in [0.2, 0.25) is 0 Å². The van der Waals surface area contributed by atoms with E-state index in [2.05, 4.69) is 66.3 Å². The average Bonchev–Trinajstić information content (AvgIpc) is 2.80. The molecule has 0 saturated heterocycles. The number of hydrogen-bond donors (Lipinski definition) is 0. The second kappa shape index (κ2) is 4.62. The summed E-state index contributed by atoms with van der Waals surface area (Å²) >= 11 is 0. The number of benzene rings is 2. The van der Waals surface area contributed by atoms with E-state index in [9.17, 15) is 0 Å². The lowest BCUT2D eigenvalue weighted by atomic mass is 10.2. The van der Waals surface area contributed by atoms with E-state index in [0.29, 0.717) is 0 Å². The Labute approximate surface area is 112 Å². The highest BCUT2D eigenvalue weighted by Crippen LogP contribution is 2.31. The van der Waals surface area contributed by atoms with Crippen molar-refractivity contribution in [3.63, 3.8) is 0 Å². The fourth-order valence-corrected chi connectivity index (χ4v) is 2.56. The zero-order chi connectivity index (χ0) is 13.2. The molecule has 0 bridgehead atoms. The van der Waals surface area contributed by atoms with Crippen LogP contribution in [-0.2, 0) is 0 Å². The molecule has 3 rings (SSSR count). The molecular weight excluding hydrogens is 230 g/mol. The third-order valence-electron chi connectivity index (χ3n) is 3.34. The maximum atomic E-state index is 3.91. The van der Waals surface area contributed by atoms with Crippen LogP contribution in [0.15, 0.2) is 79.9 Å². The largest absolute Gasteiger partial charge is 0.309 e. The van der Waals surface area contributed by atoms with Crippen LogP contribution in [0, 0.1) is 0 Å². The van der Waals surface area contributed by atoms with E-state index >= 15 is 0 Å². The standard InChI is InChI=1S/C18H15N/c1-3-9-14(4-2)19-17-12-7-5-10-15(17)16-11-6-8-13-18(16)19/h3-13H,1-2H2/b14-9+. The van der Waals surface area contributed by atoms with Crippen LogP contribution in [0.5, 0.6) is 0 Å². The van der Waals surface area contributed by atoms with Crippen molar-refractivity contribution in [1.82, 2.24) is 4.57 Å². The van der Waals surface area contributed by atoms with Crippen LogP contribution >= 0.6 is 0 Å². The molecule has 0 aliphatic rings. The smallest absolute Gasteiger partial charge is 0.0541 e. The van der Waals surface area contributed by atoms with Gasteiger partial charge in [0.1, 0.15) is 0 Å². The zero-order valence-corrected chi connectivity index (χ0v) is 10.7. The number of fused-ring (bicyclic) bond motifs is 3. The lowest BCUT2D eigenvalue weighted by molar-refractivity contribution is 1.24. The van der Waals surface area contributed by atoms with Gasteiger partial charge in [0, 0.05) is 16.5 Å². The summed E-state index contributed by atoms with van der Waals surface area (Å²) in [6.07, 6.45) is 5.63. The maximum Gasteiger partial charge on any atom is 0.0541 e. The van der Waals surface area contributed by atoms with Gasteiger partial charge in [0.2, 0.25) is 0 Å². The normalized spacial score (nSPS) is 11.9. The first kappa shape index (κ1) is 11.5. The third-order valence-corrected chi connectivity index (χ3v) is 3.34. The van der Waals surface area contributed by atoms with Gasteiger partial charge in [-0.15, -0.1) is 0 Å². The Hall–Kier alpha value is -2.54. The molecule has 0 N–H and O–H groups in total. The summed E-state index contributed by atoms with van der Waals surface area (Å²) in [5.74, 6) is 0. The minimum atomic E-state index is 1.03. The van der Waals surface area contributed by atoms with Gasteiger partial charge in [-0.05, 0) is 24.3 Å². The molecule has 3 aromatic rings. The van der Waals surface area contributed by atoms with Gasteiger partial charge >= 0.3 is 0 Å². The maximum absolute atomic E-state index is 3.91. The van der Waals surface area contributed by atoms with Gasteiger partial charge in [-0.2, -0.15) is 0 Å². The van der Waals surface area contributed by atoms with Crippen LogP contribution < -0.4 is 0 Å². The summed E-state index contributed by atoms with van der Waals surface area (Å²) in [5, 5.41) is 2.52. The number of rotatable bonds is 3. The Kier molecular flexibility index (Phi) is 2.81. The molecule has 1 aromatic heterocycles. The highest BCUT2D eigenvalue weighted by molar-refractivity contribution is 6.10. The summed E-state index contributed by atoms with van der Waals surface area (Å²) in [6.45, 7) is 7.69. The highest BCUT2D eigenvalue weighted by Gasteiger charge is 2.10. The first-order chi connectivity index (χ1) is 9.36. The SMILES string of the molecule is C=C/C=C(\C=C)n1c2ccccc2c2ccccc21. The lowest BCUT2D eigenvalue weighted by Gasteiger charge is -2.07. The van der Waals surface area contributed by atoms with Crippen molar-refractivity contribution in [3.05, 3.63) is 79.9 Å². The Balaban J connectivity index is 2.53.